The lowest BCUT2D eigenvalue weighted by Gasteiger charge is -2.28. The molecule has 0 saturated carbocycles. The summed E-state index contributed by atoms with van der Waals surface area (Å²) in [5.74, 6) is 1.19. The van der Waals surface area contributed by atoms with Crippen molar-refractivity contribution in [1.29, 1.82) is 0 Å². The molecule has 2 atom stereocenters. The predicted octanol–water partition coefficient (Wildman–Crippen LogP) is 3.80. The molecule has 1 fully saturated rings. The minimum atomic E-state index is -0.345. The number of para-hydroxylation sites is 2. The normalized spacial score (nSPS) is 21.0. The smallest absolute Gasteiger partial charge is 0.169 e. The molecular weight excluding hydrogens is 299 g/mol. The van der Waals surface area contributed by atoms with E-state index in [1.165, 1.54) is 12.1 Å². The molecule has 0 bridgehead atoms. The third-order valence-corrected chi connectivity index (χ3v) is 3.38. The van der Waals surface area contributed by atoms with Gasteiger partial charge in [0.05, 0.1) is 19.3 Å². The van der Waals surface area contributed by atoms with Crippen LogP contribution in [0.15, 0.2) is 48.5 Å². The third kappa shape index (κ3) is 4.43. The van der Waals surface area contributed by atoms with E-state index in [4.69, 9.17) is 18.9 Å². The van der Waals surface area contributed by atoms with E-state index in [1.807, 2.05) is 25.1 Å². The number of rotatable bonds is 5. The van der Waals surface area contributed by atoms with Crippen molar-refractivity contribution in [2.75, 3.05) is 19.8 Å². The molecule has 0 aliphatic carbocycles. The molecule has 1 aliphatic heterocycles. The largest absolute Gasteiger partial charge is 0.487 e. The SMILES string of the molecule is CC1COCC(COc2ccccc2Oc2cccc(F)c2)O1. The maximum Gasteiger partial charge on any atom is 0.169 e. The van der Waals surface area contributed by atoms with Gasteiger partial charge in [-0.25, -0.2) is 4.39 Å². The van der Waals surface area contributed by atoms with Crippen LogP contribution in [-0.4, -0.2) is 32.0 Å². The Labute approximate surface area is 134 Å². The van der Waals surface area contributed by atoms with Crippen LogP contribution in [0.4, 0.5) is 4.39 Å². The van der Waals surface area contributed by atoms with Gasteiger partial charge in [0.15, 0.2) is 11.5 Å². The highest BCUT2D eigenvalue weighted by Gasteiger charge is 2.20. The molecular formula is C18H19FO4. The van der Waals surface area contributed by atoms with Gasteiger partial charge >= 0.3 is 0 Å². The second-order valence-corrected chi connectivity index (χ2v) is 5.42. The predicted molar refractivity (Wildman–Crippen MR) is 83.6 cm³/mol. The Hall–Kier alpha value is -2.11. The Morgan fingerprint density at radius 2 is 1.91 bits per heavy atom. The number of hydrogen-bond donors (Lipinski definition) is 0. The van der Waals surface area contributed by atoms with E-state index in [-0.39, 0.29) is 18.0 Å². The average Bonchev–Trinajstić information content (AvgIpc) is 2.54. The lowest BCUT2D eigenvalue weighted by atomic mass is 10.3. The molecule has 1 saturated heterocycles. The number of benzene rings is 2. The molecule has 4 nitrogen and oxygen atoms in total. The topological polar surface area (TPSA) is 36.9 Å². The zero-order valence-electron chi connectivity index (χ0n) is 12.9. The lowest BCUT2D eigenvalue weighted by molar-refractivity contribution is -0.140. The van der Waals surface area contributed by atoms with Crippen molar-refractivity contribution >= 4 is 0 Å². The van der Waals surface area contributed by atoms with Crippen LogP contribution in [-0.2, 0) is 9.47 Å². The van der Waals surface area contributed by atoms with Gasteiger partial charge in [0, 0.05) is 6.07 Å². The second kappa shape index (κ2) is 7.44. The molecule has 2 unspecified atom stereocenters. The molecule has 23 heavy (non-hydrogen) atoms. The summed E-state index contributed by atoms with van der Waals surface area (Å²) in [6.07, 6.45) is -0.0443. The van der Waals surface area contributed by atoms with Gasteiger partial charge in [-0.05, 0) is 31.2 Å². The molecule has 5 heteroatoms. The maximum absolute atomic E-state index is 13.3. The van der Waals surface area contributed by atoms with Crippen molar-refractivity contribution < 1.29 is 23.3 Å². The van der Waals surface area contributed by atoms with Gasteiger partial charge in [-0.1, -0.05) is 18.2 Å². The Morgan fingerprint density at radius 1 is 1.09 bits per heavy atom. The van der Waals surface area contributed by atoms with Crippen LogP contribution in [0.5, 0.6) is 17.2 Å². The van der Waals surface area contributed by atoms with Crippen LogP contribution < -0.4 is 9.47 Å². The summed E-state index contributed by atoms with van der Waals surface area (Å²) in [4.78, 5) is 0. The van der Waals surface area contributed by atoms with Crippen LogP contribution in [0.3, 0.4) is 0 Å². The summed E-state index contributed by atoms with van der Waals surface area (Å²) < 4.78 is 36.0. The Balaban J connectivity index is 1.65. The van der Waals surface area contributed by atoms with Crippen molar-refractivity contribution in [3.8, 4) is 17.2 Å². The molecule has 0 radical (unpaired) electrons. The van der Waals surface area contributed by atoms with Crippen molar-refractivity contribution in [2.45, 2.75) is 19.1 Å². The van der Waals surface area contributed by atoms with Crippen LogP contribution in [0.2, 0.25) is 0 Å². The highest BCUT2D eigenvalue weighted by molar-refractivity contribution is 5.42. The highest BCUT2D eigenvalue weighted by atomic mass is 19.1. The summed E-state index contributed by atoms with van der Waals surface area (Å²) in [6.45, 7) is 3.45. The van der Waals surface area contributed by atoms with Crippen LogP contribution in [0.1, 0.15) is 6.92 Å². The van der Waals surface area contributed by atoms with Crippen LogP contribution in [0, 0.1) is 5.82 Å². The van der Waals surface area contributed by atoms with E-state index in [0.717, 1.165) is 0 Å². The molecule has 122 valence electrons. The number of halogens is 1. The minimum absolute atomic E-state index is 0.0659. The number of hydrogen-bond acceptors (Lipinski definition) is 4. The first-order valence-corrected chi connectivity index (χ1v) is 7.59. The van der Waals surface area contributed by atoms with Gasteiger partial charge in [-0.15, -0.1) is 0 Å². The molecule has 3 rings (SSSR count). The molecule has 0 spiro atoms. The Morgan fingerprint density at radius 3 is 2.70 bits per heavy atom. The maximum atomic E-state index is 13.3. The Kier molecular flexibility index (Phi) is 5.10. The fourth-order valence-corrected chi connectivity index (χ4v) is 2.35. The van der Waals surface area contributed by atoms with Crippen molar-refractivity contribution in [1.82, 2.24) is 0 Å². The molecule has 0 N–H and O–H groups in total. The van der Waals surface area contributed by atoms with E-state index in [1.54, 1.807) is 18.2 Å². The first kappa shape index (κ1) is 15.8. The fourth-order valence-electron chi connectivity index (χ4n) is 2.35. The van der Waals surface area contributed by atoms with Gasteiger partial charge in [-0.3, -0.25) is 0 Å². The summed E-state index contributed by atoms with van der Waals surface area (Å²) in [5.41, 5.74) is 0. The van der Waals surface area contributed by atoms with E-state index >= 15 is 0 Å². The lowest BCUT2D eigenvalue weighted by Crippen LogP contribution is -2.38. The molecule has 0 amide bonds. The highest BCUT2D eigenvalue weighted by Crippen LogP contribution is 2.31. The summed E-state index contributed by atoms with van der Waals surface area (Å²) in [6, 6.07) is 13.3. The van der Waals surface area contributed by atoms with Gasteiger partial charge in [0.1, 0.15) is 24.3 Å². The molecule has 0 aromatic heterocycles. The van der Waals surface area contributed by atoms with E-state index in [9.17, 15) is 4.39 Å². The first-order chi connectivity index (χ1) is 11.2. The molecule has 1 aliphatic rings. The Bertz CT molecular complexity index is 646. The zero-order valence-corrected chi connectivity index (χ0v) is 12.9. The molecule has 2 aromatic rings. The van der Waals surface area contributed by atoms with Crippen molar-refractivity contribution in [3.05, 3.63) is 54.3 Å². The summed E-state index contributed by atoms with van der Waals surface area (Å²) in [5, 5.41) is 0. The van der Waals surface area contributed by atoms with Crippen molar-refractivity contribution in [2.24, 2.45) is 0 Å². The van der Waals surface area contributed by atoms with Gasteiger partial charge < -0.3 is 18.9 Å². The summed E-state index contributed by atoms with van der Waals surface area (Å²) >= 11 is 0. The number of ether oxygens (including phenoxy) is 4. The quantitative estimate of drug-likeness (QED) is 0.840. The fraction of sp³-hybridized carbons (Fsp3) is 0.333. The molecule has 2 aromatic carbocycles. The standard InChI is InChI=1S/C18H19FO4/c1-13-10-20-11-16(22-13)12-21-17-7-2-3-8-18(17)23-15-6-4-5-14(19)9-15/h2-9,13,16H,10-12H2,1H3. The van der Waals surface area contributed by atoms with E-state index < -0.39 is 0 Å². The first-order valence-electron chi connectivity index (χ1n) is 7.59. The van der Waals surface area contributed by atoms with Crippen LogP contribution >= 0.6 is 0 Å². The zero-order chi connectivity index (χ0) is 16.1. The second-order valence-electron chi connectivity index (χ2n) is 5.42. The van der Waals surface area contributed by atoms with Gasteiger partial charge in [-0.2, -0.15) is 0 Å². The minimum Gasteiger partial charge on any atom is -0.487 e. The van der Waals surface area contributed by atoms with Gasteiger partial charge in [0.2, 0.25) is 0 Å². The summed E-state index contributed by atoms with van der Waals surface area (Å²) in [7, 11) is 0. The monoisotopic (exact) mass is 318 g/mol. The molecule has 1 heterocycles. The van der Waals surface area contributed by atoms with E-state index in [0.29, 0.717) is 37.1 Å². The average molecular weight is 318 g/mol. The van der Waals surface area contributed by atoms with Crippen molar-refractivity contribution in [3.63, 3.8) is 0 Å². The van der Waals surface area contributed by atoms with Gasteiger partial charge in [0.25, 0.3) is 0 Å². The van der Waals surface area contributed by atoms with E-state index in [2.05, 4.69) is 0 Å². The van der Waals surface area contributed by atoms with Crippen LogP contribution in [0.25, 0.3) is 0 Å². The third-order valence-electron chi connectivity index (χ3n) is 3.38.